The number of imide groups is 1. The Balaban J connectivity index is 0.00000208. The Kier molecular flexibility index (Phi) is 5.98. The number of likely N-dealkylation sites (tertiary alicyclic amines) is 1. The lowest BCUT2D eigenvalue weighted by molar-refractivity contribution is -0.125. The van der Waals surface area contributed by atoms with Gasteiger partial charge >= 0.3 is 6.03 Å². The van der Waals surface area contributed by atoms with E-state index in [0.29, 0.717) is 6.04 Å². The van der Waals surface area contributed by atoms with E-state index in [2.05, 4.69) is 32.8 Å². The highest BCUT2D eigenvalue weighted by Gasteiger charge is 2.48. The Morgan fingerprint density at radius 1 is 1.38 bits per heavy atom. The quantitative estimate of drug-likeness (QED) is 0.262. The number of aliphatic imine (C=N–C) groups is 1. The molecule has 1 aliphatic carbocycles. The number of rotatable bonds is 3. The van der Waals surface area contributed by atoms with E-state index in [1.54, 1.807) is 0 Å². The molecule has 2 heterocycles. The van der Waals surface area contributed by atoms with Crippen LogP contribution < -0.4 is 16.0 Å². The molecule has 3 unspecified atom stereocenters. The zero-order valence-electron chi connectivity index (χ0n) is 14.6. The summed E-state index contributed by atoms with van der Waals surface area (Å²) in [6.45, 7) is 8.60. The Bertz CT molecular complexity index is 533. The van der Waals surface area contributed by atoms with Gasteiger partial charge in [-0.15, -0.1) is 24.0 Å². The molecule has 3 atom stereocenters. The highest BCUT2D eigenvalue weighted by molar-refractivity contribution is 14.0. The van der Waals surface area contributed by atoms with E-state index in [1.807, 2.05) is 13.8 Å². The zero-order chi connectivity index (χ0) is 16.6. The van der Waals surface area contributed by atoms with Gasteiger partial charge in [0.15, 0.2) is 5.96 Å². The average molecular weight is 449 g/mol. The fraction of sp³-hybridized carbons (Fsp3) is 0.812. The molecule has 0 aromatic carbocycles. The summed E-state index contributed by atoms with van der Waals surface area (Å²) < 4.78 is 0. The van der Waals surface area contributed by atoms with E-state index in [9.17, 15) is 9.59 Å². The van der Waals surface area contributed by atoms with Crippen molar-refractivity contribution in [3.05, 3.63) is 0 Å². The minimum atomic E-state index is -0.774. The van der Waals surface area contributed by atoms with Crippen LogP contribution in [0, 0.1) is 11.8 Å². The first-order chi connectivity index (χ1) is 10.9. The fourth-order valence-corrected chi connectivity index (χ4v) is 3.59. The van der Waals surface area contributed by atoms with Gasteiger partial charge in [0.1, 0.15) is 5.54 Å². The molecule has 3 amide bonds. The number of nitrogens with one attached hydrogen (secondary N) is 3. The van der Waals surface area contributed by atoms with Crippen LogP contribution in [-0.4, -0.2) is 54.0 Å². The Labute approximate surface area is 160 Å². The molecule has 3 fully saturated rings. The van der Waals surface area contributed by atoms with Crippen LogP contribution in [0.25, 0.3) is 0 Å². The van der Waals surface area contributed by atoms with E-state index >= 15 is 0 Å². The molecule has 2 saturated heterocycles. The summed E-state index contributed by atoms with van der Waals surface area (Å²) in [7, 11) is 0. The van der Waals surface area contributed by atoms with E-state index in [-0.39, 0.29) is 41.8 Å². The lowest BCUT2D eigenvalue weighted by Crippen LogP contribution is -2.55. The maximum Gasteiger partial charge on any atom is 0.322 e. The first-order valence-electron chi connectivity index (χ1n) is 8.63. The van der Waals surface area contributed by atoms with Crippen molar-refractivity contribution in [3.8, 4) is 0 Å². The summed E-state index contributed by atoms with van der Waals surface area (Å²) in [6.07, 6.45) is 2.95. The van der Waals surface area contributed by atoms with Gasteiger partial charge in [0.2, 0.25) is 0 Å². The third-order valence-electron chi connectivity index (χ3n) is 5.41. The largest absolute Gasteiger partial charge is 0.353 e. The van der Waals surface area contributed by atoms with Gasteiger partial charge in [-0.1, -0.05) is 6.92 Å². The van der Waals surface area contributed by atoms with Gasteiger partial charge in [-0.2, -0.15) is 0 Å². The number of carbonyl (C=O) groups is 2. The van der Waals surface area contributed by atoms with E-state index in [4.69, 9.17) is 0 Å². The monoisotopic (exact) mass is 449 g/mol. The molecule has 0 radical (unpaired) electrons. The van der Waals surface area contributed by atoms with Crippen LogP contribution in [0.1, 0.15) is 40.0 Å². The third-order valence-corrected chi connectivity index (χ3v) is 5.41. The molecule has 3 N–H and O–H groups in total. The van der Waals surface area contributed by atoms with Crippen molar-refractivity contribution in [1.82, 2.24) is 20.9 Å². The Morgan fingerprint density at radius 3 is 2.46 bits per heavy atom. The molecule has 7 nitrogen and oxygen atoms in total. The summed E-state index contributed by atoms with van der Waals surface area (Å²) in [4.78, 5) is 30.4. The molecule has 24 heavy (non-hydrogen) atoms. The molecule has 0 aromatic heterocycles. The van der Waals surface area contributed by atoms with Crippen molar-refractivity contribution in [3.63, 3.8) is 0 Å². The summed E-state index contributed by atoms with van der Waals surface area (Å²) in [6, 6.07) is 0.174. The molecular weight excluding hydrogens is 421 g/mol. The van der Waals surface area contributed by atoms with Crippen LogP contribution in [0.4, 0.5) is 4.79 Å². The molecule has 3 aliphatic rings. The molecule has 0 aromatic rings. The average Bonchev–Trinajstić information content (AvgIpc) is 3.14. The van der Waals surface area contributed by atoms with Crippen molar-refractivity contribution >= 4 is 41.9 Å². The van der Waals surface area contributed by atoms with Crippen LogP contribution in [0.15, 0.2) is 4.99 Å². The third kappa shape index (κ3) is 3.78. The SMILES string of the molecule is CCN=C(NC1CC1C)N1CCC(C2(C)NC(=O)NC2=O)CC1.I. The van der Waals surface area contributed by atoms with Crippen LogP contribution in [0.2, 0.25) is 0 Å². The highest BCUT2D eigenvalue weighted by Crippen LogP contribution is 2.32. The lowest BCUT2D eigenvalue weighted by Gasteiger charge is -2.39. The number of piperidine rings is 1. The predicted molar refractivity (Wildman–Crippen MR) is 103 cm³/mol. The standard InChI is InChI=1S/C16H27N5O2.HI/c1-4-17-14(18-12-9-10(12)2)21-7-5-11(6-8-21)16(3)13(22)19-15(23)20-16;/h10-12H,4-9H2,1-3H3,(H,17,18)(H2,19,20,22,23);1H. The van der Waals surface area contributed by atoms with Gasteiger partial charge in [-0.05, 0) is 44.9 Å². The number of hydrogen-bond acceptors (Lipinski definition) is 3. The predicted octanol–water partition coefficient (Wildman–Crippen LogP) is 1.29. The minimum absolute atomic E-state index is 0. The lowest BCUT2D eigenvalue weighted by atomic mass is 9.79. The number of amides is 3. The molecule has 8 heteroatoms. The van der Waals surface area contributed by atoms with Crippen molar-refractivity contribution in [2.24, 2.45) is 16.8 Å². The maximum absolute atomic E-state index is 12.1. The molecule has 0 spiro atoms. The van der Waals surface area contributed by atoms with Crippen molar-refractivity contribution < 1.29 is 9.59 Å². The normalized spacial score (nSPS) is 33.6. The van der Waals surface area contributed by atoms with E-state index < -0.39 is 5.54 Å². The minimum Gasteiger partial charge on any atom is -0.353 e. The van der Waals surface area contributed by atoms with Crippen molar-refractivity contribution in [2.75, 3.05) is 19.6 Å². The van der Waals surface area contributed by atoms with Gasteiger partial charge in [0.05, 0.1) is 0 Å². The number of nitrogens with zero attached hydrogens (tertiary/aromatic N) is 2. The highest BCUT2D eigenvalue weighted by atomic mass is 127. The molecule has 0 bridgehead atoms. The van der Waals surface area contributed by atoms with Crippen LogP contribution in [0.5, 0.6) is 0 Å². The molecule has 2 aliphatic heterocycles. The summed E-state index contributed by atoms with van der Waals surface area (Å²) in [5.74, 6) is 1.68. The Morgan fingerprint density at radius 2 is 2.00 bits per heavy atom. The summed E-state index contributed by atoms with van der Waals surface area (Å²) in [5, 5.41) is 8.71. The second-order valence-electron chi connectivity index (χ2n) is 7.13. The fourth-order valence-electron chi connectivity index (χ4n) is 3.59. The first-order valence-corrected chi connectivity index (χ1v) is 8.63. The van der Waals surface area contributed by atoms with Crippen molar-refractivity contribution in [2.45, 2.75) is 51.6 Å². The topological polar surface area (TPSA) is 85.8 Å². The van der Waals surface area contributed by atoms with Gasteiger partial charge < -0.3 is 15.5 Å². The second kappa shape index (κ2) is 7.45. The molecular formula is C16H28IN5O2. The van der Waals surface area contributed by atoms with Crippen LogP contribution in [-0.2, 0) is 4.79 Å². The second-order valence-corrected chi connectivity index (χ2v) is 7.13. The van der Waals surface area contributed by atoms with Crippen LogP contribution in [0.3, 0.4) is 0 Å². The number of carbonyl (C=O) groups excluding carboxylic acids is 2. The maximum atomic E-state index is 12.1. The van der Waals surface area contributed by atoms with E-state index in [0.717, 1.165) is 44.4 Å². The van der Waals surface area contributed by atoms with Gasteiger partial charge in [0.25, 0.3) is 5.91 Å². The van der Waals surface area contributed by atoms with Crippen LogP contribution >= 0.6 is 24.0 Å². The number of urea groups is 1. The van der Waals surface area contributed by atoms with E-state index in [1.165, 1.54) is 6.42 Å². The van der Waals surface area contributed by atoms with Gasteiger partial charge in [0, 0.05) is 25.7 Å². The smallest absolute Gasteiger partial charge is 0.322 e. The summed E-state index contributed by atoms with van der Waals surface area (Å²) in [5.41, 5.74) is -0.774. The number of guanidine groups is 1. The first kappa shape index (κ1) is 19.3. The van der Waals surface area contributed by atoms with Gasteiger partial charge in [-0.3, -0.25) is 15.1 Å². The zero-order valence-corrected chi connectivity index (χ0v) is 16.9. The summed E-state index contributed by atoms with van der Waals surface area (Å²) >= 11 is 0. The van der Waals surface area contributed by atoms with Gasteiger partial charge in [-0.25, -0.2) is 4.79 Å². The molecule has 3 rings (SSSR count). The molecule has 136 valence electrons. The number of halogens is 1. The Hall–Kier alpha value is -1.06. The number of hydrogen-bond donors (Lipinski definition) is 3. The molecule has 1 saturated carbocycles. The van der Waals surface area contributed by atoms with Crippen molar-refractivity contribution in [1.29, 1.82) is 0 Å².